The SMILES string of the molecule is Cc1cnc(-c2c[nH]c3ncc([C@H]4CC[C@H](N5CCCOCC5)CC4)cc23)s1. The molecule has 6 heteroatoms. The van der Waals surface area contributed by atoms with Crippen LogP contribution in [0.1, 0.15) is 48.5 Å². The van der Waals surface area contributed by atoms with Gasteiger partial charge in [-0.05, 0) is 56.6 Å². The van der Waals surface area contributed by atoms with Crippen LogP contribution in [0.25, 0.3) is 21.6 Å². The van der Waals surface area contributed by atoms with Gasteiger partial charge in [-0.1, -0.05) is 0 Å². The third kappa shape index (κ3) is 3.61. The third-order valence-corrected chi connectivity index (χ3v) is 7.29. The highest BCUT2D eigenvalue weighted by Gasteiger charge is 2.27. The molecule has 1 N–H and O–H groups in total. The molecule has 1 saturated carbocycles. The summed E-state index contributed by atoms with van der Waals surface area (Å²) in [4.78, 5) is 16.5. The Labute approximate surface area is 170 Å². The van der Waals surface area contributed by atoms with Crippen molar-refractivity contribution in [2.75, 3.05) is 26.3 Å². The molecule has 0 bridgehead atoms. The first-order valence-electron chi connectivity index (χ1n) is 10.5. The van der Waals surface area contributed by atoms with E-state index < -0.39 is 0 Å². The molecule has 4 heterocycles. The van der Waals surface area contributed by atoms with Crippen molar-refractivity contribution in [3.8, 4) is 10.6 Å². The second-order valence-corrected chi connectivity index (χ2v) is 9.39. The van der Waals surface area contributed by atoms with E-state index in [-0.39, 0.29) is 0 Å². The monoisotopic (exact) mass is 396 g/mol. The first-order valence-corrected chi connectivity index (χ1v) is 11.3. The molecule has 3 aromatic heterocycles. The van der Waals surface area contributed by atoms with Gasteiger partial charge in [0.15, 0.2) is 0 Å². The molecular formula is C22H28N4OS. The van der Waals surface area contributed by atoms with Gasteiger partial charge in [0.05, 0.1) is 6.61 Å². The molecule has 0 atom stereocenters. The summed E-state index contributed by atoms with van der Waals surface area (Å²) in [6.07, 6.45) is 12.3. The molecule has 1 saturated heterocycles. The number of pyridine rings is 1. The summed E-state index contributed by atoms with van der Waals surface area (Å²) in [6.45, 7) is 6.22. The largest absolute Gasteiger partial charge is 0.380 e. The molecule has 0 amide bonds. The van der Waals surface area contributed by atoms with Crippen molar-refractivity contribution in [1.82, 2.24) is 19.9 Å². The number of aryl methyl sites for hydroxylation is 1. The predicted molar refractivity (Wildman–Crippen MR) is 114 cm³/mol. The maximum Gasteiger partial charge on any atom is 0.137 e. The molecule has 1 aliphatic carbocycles. The zero-order valence-corrected chi connectivity index (χ0v) is 17.3. The Morgan fingerprint density at radius 2 is 2.00 bits per heavy atom. The molecule has 3 aromatic rings. The van der Waals surface area contributed by atoms with Crippen LogP contribution in [0, 0.1) is 6.92 Å². The van der Waals surface area contributed by atoms with Gasteiger partial charge < -0.3 is 9.72 Å². The second-order valence-electron chi connectivity index (χ2n) is 8.15. The highest BCUT2D eigenvalue weighted by atomic mass is 32.1. The Kier molecular flexibility index (Phi) is 5.18. The summed E-state index contributed by atoms with van der Waals surface area (Å²) < 4.78 is 5.63. The zero-order chi connectivity index (χ0) is 18.9. The molecule has 0 aromatic carbocycles. The number of nitrogens with zero attached hydrogens (tertiary/aromatic N) is 3. The number of fused-ring (bicyclic) bond motifs is 1. The minimum absolute atomic E-state index is 0.622. The van der Waals surface area contributed by atoms with Crippen molar-refractivity contribution in [1.29, 1.82) is 0 Å². The summed E-state index contributed by atoms with van der Waals surface area (Å²) in [5.41, 5.74) is 3.53. The van der Waals surface area contributed by atoms with Crippen LogP contribution in [0.15, 0.2) is 24.7 Å². The van der Waals surface area contributed by atoms with Gasteiger partial charge in [-0.15, -0.1) is 11.3 Å². The van der Waals surface area contributed by atoms with Gasteiger partial charge in [-0.2, -0.15) is 0 Å². The minimum atomic E-state index is 0.622. The second kappa shape index (κ2) is 7.93. The van der Waals surface area contributed by atoms with Crippen LogP contribution in [0.2, 0.25) is 0 Å². The van der Waals surface area contributed by atoms with Crippen molar-refractivity contribution in [2.24, 2.45) is 0 Å². The lowest BCUT2D eigenvalue weighted by Gasteiger charge is -2.36. The lowest BCUT2D eigenvalue weighted by atomic mass is 9.81. The normalized spacial score (nSPS) is 24.5. The van der Waals surface area contributed by atoms with Gasteiger partial charge in [0, 0.05) is 60.2 Å². The number of H-pyrrole nitrogens is 1. The Bertz CT molecular complexity index is 933. The predicted octanol–water partition coefficient (Wildman–Crippen LogP) is 4.74. The standard InChI is InChI=1S/C22H28N4OS/c1-15-12-25-22(28-15)20-14-24-21-19(20)11-17(13-23-21)16-3-5-18(6-4-16)26-7-2-9-27-10-8-26/h11-14,16,18H,2-10H2,1H3,(H,23,24)/t16-,18-. The highest BCUT2D eigenvalue weighted by molar-refractivity contribution is 7.15. The molecular weight excluding hydrogens is 368 g/mol. The topological polar surface area (TPSA) is 54.0 Å². The fourth-order valence-electron chi connectivity index (χ4n) is 4.80. The number of hydrogen-bond donors (Lipinski definition) is 1. The van der Waals surface area contributed by atoms with Gasteiger partial charge in [0.25, 0.3) is 0 Å². The van der Waals surface area contributed by atoms with E-state index in [1.54, 1.807) is 11.3 Å². The van der Waals surface area contributed by atoms with Crippen LogP contribution in [-0.2, 0) is 4.74 Å². The van der Waals surface area contributed by atoms with E-state index >= 15 is 0 Å². The summed E-state index contributed by atoms with van der Waals surface area (Å²) in [5, 5.41) is 2.29. The van der Waals surface area contributed by atoms with E-state index in [0.29, 0.717) is 5.92 Å². The highest BCUT2D eigenvalue weighted by Crippen LogP contribution is 2.37. The van der Waals surface area contributed by atoms with E-state index in [1.807, 2.05) is 6.20 Å². The van der Waals surface area contributed by atoms with Crippen molar-refractivity contribution in [3.63, 3.8) is 0 Å². The van der Waals surface area contributed by atoms with Gasteiger partial charge in [0.1, 0.15) is 10.7 Å². The molecule has 28 heavy (non-hydrogen) atoms. The van der Waals surface area contributed by atoms with E-state index in [2.05, 4.69) is 40.3 Å². The van der Waals surface area contributed by atoms with Crippen molar-refractivity contribution in [2.45, 2.75) is 51.0 Å². The number of ether oxygens (including phenoxy) is 1. The minimum Gasteiger partial charge on any atom is -0.380 e. The molecule has 0 radical (unpaired) electrons. The van der Waals surface area contributed by atoms with Crippen LogP contribution in [-0.4, -0.2) is 52.2 Å². The Hall–Kier alpha value is -1.76. The summed E-state index contributed by atoms with van der Waals surface area (Å²) >= 11 is 1.74. The molecule has 148 valence electrons. The number of aromatic nitrogens is 3. The Morgan fingerprint density at radius 3 is 2.82 bits per heavy atom. The van der Waals surface area contributed by atoms with Gasteiger partial charge in [0.2, 0.25) is 0 Å². The van der Waals surface area contributed by atoms with Crippen molar-refractivity contribution in [3.05, 3.63) is 35.1 Å². The molecule has 5 nitrogen and oxygen atoms in total. The van der Waals surface area contributed by atoms with Crippen LogP contribution >= 0.6 is 11.3 Å². The number of aromatic amines is 1. The van der Waals surface area contributed by atoms with Crippen LogP contribution in [0.4, 0.5) is 0 Å². The maximum atomic E-state index is 5.63. The molecule has 0 unspecified atom stereocenters. The summed E-state index contributed by atoms with van der Waals surface area (Å²) in [5.74, 6) is 0.622. The van der Waals surface area contributed by atoms with Crippen molar-refractivity contribution >= 4 is 22.4 Å². The Balaban J connectivity index is 1.33. The van der Waals surface area contributed by atoms with E-state index in [4.69, 9.17) is 9.72 Å². The average Bonchev–Trinajstić information content (AvgIpc) is 3.24. The quantitative estimate of drug-likeness (QED) is 0.694. The lowest BCUT2D eigenvalue weighted by molar-refractivity contribution is 0.118. The van der Waals surface area contributed by atoms with E-state index in [9.17, 15) is 0 Å². The molecule has 2 fully saturated rings. The van der Waals surface area contributed by atoms with E-state index in [1.165, 1.54) is 60.0 Å². The first-order chi connectivity index (χ1) is 13.8. The fraction of sp³-hybridized carbons (Fsp3) is 0.545. The fourth-order valence-corrected chi connectivity index (χ4v) is 5.60. The lowest BCUT2D eigenvalue weighted by Crippen LogP contribution is -2.39. The van der Waals surface area contributed by atoms with Crippen molar-refractivity contribution < 1.29 is 4.74 Å². The van der Waals surface area contributed by atoms with Crippen LogP contribution < -0.4 is 0 Å². The molecule has 1 aliphatic heterocycles. The molecule has 5 rings (SSSR count). The Morgan fingerprint density at radius 1 is 1.11 bits per heavy atom. The summed E-state index contributed by atoms with van der Waals surface area (Å²) in [7, 11) is 0. The van der Waals surface area contributed by atoms with Crippen LogP contribution in [0.5, 0.6) is 0 Å². The van der Waals surface area contributed by atoms with Gasteiger partial charge >= 0.3 is 0 Å². The summed E-state index contributed by atoms with van der Waals surface area (Å²) in [6, 6.07) is 3.09. The number of nitrogens with one attached hydrogen (secondary N) is 1. The zero-order valence-electron chi connectivity index (χ0n) is 16.5. The van der Waals surface area contributed by atoms with Gasteiger partial charge in [-0.25, -0.2) is 9.97 Å². The van der Waals surface area contributed by atoms with Gasteiger partial charge in [-0.3, -0.25) is 4.90 Å². The first kappa shape index (κ1) is 18.3. The number of rotatable bonds is 3. The molecule has 2 aliphatic rings. The number of thiazole rings is 1. The van der Waals surface area contributed by atoms with Crippen LogP contribution in [0.3, 0.4) is 0 Å². The number of hydrogen-bond acceptors (Lipinski definition) is 5. The van der Waals surface area contributed by atoms with E-state index in [0.717, 1.165) is 36.5 Å². The third-order valence-electron chi connectivity index (χ3n) is 6.35. The smallest absolute Gasteiger partial charge is 0.137 e. The maximum absolute atomic E-state index is 5.63. The molecule has 0 spiro atoms. The average molecular weight is 397 g/mol.